The van der Waals surface area contributed by atoms with E-state index >= 15 is 0 Å². The monoisotopic (exact) mass is 408 g/mol. The molecular weight excluding hydrogens is 388 g/mol. The third-order valence-electron chi connectivity index (χ3n) is 4.74. The van der Waals surface area contributed by atoms with Crippen molar-refractivity contribution in [1.82, 2.24) is 9.97 Å². The zero-order chi connectivity index (χ0) is 20.1. The number of halogens is 1. The van der Waals surface area contributed by atoms with E-state index in [9.17, 15) is 4.79 Å². The fourth-order valence-electron chi connectivity index (χ4n) is 3.25. The lowest BCUT2D eigenvalue weighted by atomic mass is 10.2. The van der Waals surface area contributed by atoms with Crippen LogP contribution in [-0.2, 0) is 0 Å². The van der Waals surface area contributed by atoms with Gasteiger partial charge in [-0.25, -0.2) is 14.8 Å². The molecule has 1 fully saturated rings. The lowest BCUT2D eigenvalue weighted by Crippen LogP contribution is -2.46. The van der Waals surface area contributed by atoms with Crippen LogP contribution in [0.25, 0.3) is 0 Å². The van der Waals surface area contributed by atoms with Gasteiger partial charge < -0.3 is 15.1 Å². The van der Waals surface area contributed by atoms with Gasteiger partial charge in [0.05, 0.1) is 10.7 Å². The van der Waals surface area contributed by atoms with Crippen LogP contribution >= 0.6 is 11.6 Å². The molecule has 0 bridgehead atoms. The molecule has 1 saturated heterocycles. The molecule has 1 aliphatic rings. The highest BCUT2D eigenvalue weighted by molar-refractivity contribution is 6.33. The van der Waals surface area contributed by atoms with E-state index in [2.05, 4.69) is 54.7 Å². The summed E-state index contributed by atoms with van der Waals surface area (Å²) >= 11 is 6.08. The Bertz CT molecular complexity index is 976. The minimum Gasteiger partial charge on any atom is -0.368 e. The molecule has 0 atom stereocenters. The second-order valence-electron chi connectivity index (χ2n) is 6.63. The summed E-state index contributed by atoms with van der Waals surface area (Å²) in [7, 11) is 0. The van der Waals surface area contributed by atoms with Gasteiger partial charge in [0, 0.05) is 37.9 Å². The van der Waals surface area contributed by atoms with Crippen molar-refractivity contribution in [2.24, 2.45) is 0 Å². The van der Waals surface area contributed by atoms with E-state index < -0.39 is 6.03 Å². The number of carbonyl (C=O) groups is 1. The van der Waals surface area contributed by atoms with Crippen LogP contribution < -0.4 is 20.4 Å². The summed E-state index contributed by atoms with van der Waals surface area (Å²) in [6, 6.07) is 18.8. The molecule has 1 aliphatic heterocycles. The molecule has 0 unspecified atom stereocenters. The van der Waals surface area contributed by atoms with Crippen LogP contribution in [0.3, 0.4) is 0 Å². The minimum absolute atomic E-state index is 0.406. The highest BCUT2D eigenvalue weighted by Gasteiger charge is 2.19. The molecule has 3 aromatic rings. The van der Waals surface area contributed by atoms with Gasteiger partial charge in [0.2, 0.25) is 0 Å². The average molecular weight is 409 g/mol. The number of benzene rings is 2. The standard InChI is InChI=1S/C21H21ClN6O/c22-17-8-4-5-9-18(17)25-21(29)26-19-14-20(24-15-23-19)28-12-10-27(11-13-28)16-6-2-1-3-7-16/h1-9,14-15H,10-13H2,(H2,23,24,25,26,29). The van der Waals surface area contributed by atoms with Crippen molar-refractivity contribution in [3.63, 3.8) is 0 Å². The van der Waals surface area contributed by atoms with Crippen molar-refractivity contribution in [3.8, 4) is 0 Å². The second-order valence-corrected chi connectivity index (χ2v) is 7.04. The van der Waals surface area contributed by atoms with Gasteiger partial charge in [0.15, 0.2) is 0 Å². The number of piperazine rings is 1. The largest absolute Gasteiger partial charge is 0.368 e. The quantitative estimate of drug-likeness (QED) is 0.679. The van der Waals surface area contributed by atoms with Crippen LogP contribution in [0.5, 0.6) is 0 Å². The zero-order valence-electron chi connectivity index (χ0n) is 15.8. The van der Waals surface area contributed by atoms with Crippen molar-refractivity contribution in [2.75, 3.05) is 46.6 Å². The molecule has 0 aliphatic carbocycles. The first-order valence-corrected chi connectivity index (χ1v) is 9.76. The summed E-state index contributed by atoms with van der Waals surface area (Å²) in [6.45, 7) is 3.50. The summed E-state index contributed by atoms with van der Waals surface area (Å²) in [5.74, 6) is 1.23. The van der Waals surface area contributed by atoms with Gasteiger partial charge in [-0.3, -0.25) is 5.32 Å². The fraction of sp³-hybridized carbons (Fsp3) is 0.190. The molecule has 0 spiro atoms. The SMILES string of the molecule is O=C(Nc1cc(N2CCN(c3ccccc3)CC2)ncn1)Nc1ccccc1Cl. The molecule has 29 heavy (non-hydrogen) atoms. The Labute approximate surface area is 174 Å². The first kappa shape index (κ1) is 19.0. The summed E-state index contributed by atoms with van der Waals surface area (Å²) in [6.07, 6.45) is 1.46. The summed E-state index contributed by atoms with van der Waals surface area (Å²) in [5, 5.41) is 5.93. The molecule has 2 N–H and O–H groups in total. The van der Waals surface area contributed by atoms with Gasteiger partial charge in [-0.2, -0.15) is 0 Å². The van der Waals surface area contributed by atoms with Crippen molar-refractivity contribution in [2.45, 2.75) is 0 Å². The number of rotatable bonds is 4. The molecule has 8 heteroatoms. The van der Waals surface area contributed by atoms with Crippen molar-refractivity contribution >= 4 is 40.6 Å². The molecular formula is C21H21ClN6O. The van der Waals surface area contributed by atoms with Crippen LogP contribution in [0.1, 0.15) is 0 Å². The number of hydrogen-bond donors (Lipinski definition) is 2. The van der Waals surface area contributed by atoms with E-state index in [-0.39, 0.29) is 0 Å². The Morgan fingerprint density at radius 2 is 1.55 bits per heavy atom. The number of hydrogen-bond acceptors (Lipinski definition) is 5. The molecule has 7 nitrogen and oxygen atoms in total. The smallest absolute Gasteiger partial charge is 0.324 e. The molecule has 0 radical (unpaired) electrons. The van der Waals surface area contributed by atoms with Gasteiger partial charge >= 0.3 is 6.03 Å². The average Bonchev–Trinajstić information content (AvgIpc) is 2.76. The zero-order valence-corrected chi connectivity index (χ0v) is 16.5. The number of nitrogens with zero attached hydrogens (tertiary/aromatic N) is 4. The number of anilines is 4. The Balaban J connectivity index is 1.36. The van der Waals surface area contributed by atoms with Crippen LogP contribution in [0.4, 0.5) is 27.8 Å². The van der Waals surface area contributed by atoms with E-state index in [1.165, 1.54) is 12.0 Å². The van der Waals surface area contributed by atoms with Crippen molar-refractivity contribution < 1.29 is 4.79 Å². The maximum Gasteiger partial charge on any atom is 0.324 e. The predicted molar refractivity (Wildman–Crippen MR) is 117 cm³/mol. The maximum atomic E-state index is 12.3. The highest BCUT2D eigenvalue weighted by atomic mass is 35.5. The molecule has 2 amide bonds. The molecule has 148 valence electrons. The second kappa shape index (κ2) is 8.79. The number of aromatic nitrogens is 2. The van der Waals surface area contributed by atoms with Crippen LogP contribution in [-0.4, -0.2) is 42.2 Å². The van der Waals surface area contributed by atoms with Crippen LogP contribution in [0.2, 0.25) is 5.02 Å². The summed E-state index contributed by atoms with van der Waals surface area (Å²) in [4.78, 5) is 25.3. The highest BCUT2D eigenvalue weighted by Crippen LogP contribution is 2.22. The lowest BCUT2D eigenvalue weighted by molar-refractivity contribution is 0.262. The van der Waals surface area contributed by atoms with Gasteiger partial charge in [-0.15, -0.1) is 0 Å². The number of para-hydroxylation sites is 2. The van der Waals surface area contributed by atoms with Crippen LogP contribution in [0.15, 0.2) is 67.0 Å². The Morgan fingerprint density at radius 3 is 2.31 bits per heavy atom. The first-order valence-electron chi connectivity index (χ1n) is 9.38. The summed E-state index contributed by atoms with van der Waals surface area (Å²) in [5.41, 5.74) is 1.77. The lowest BCUT2D eigenvalue weighted by Gasteiger charge is -2.36. The van der Waals surface area contributed by atoms with E-state index in [0.717, 1.165) is 32.0 Å². The van der Waals surface area contributed by atoms with Crippen LogP contribution in [0, 0.1) is 0 Å². The molecule has 2 heterocycles. The Kier molecular flexibility index (Phi) is 5.76. The Morgan fingerprint density at radius 1 is 0.862 bits per heavy atom. The third kappa shape index (κ3) is 4.75. The van der Waals surface area contributed by atoms with Gasteiger partial charge in [-0.05, 0) is 24.3 Å². The topological polar surface area (TPSA) is 73.4 Å². The number of carbonyl (C=O) groups excluding carboxylic acids is 1. The van der Waals surface area contributed by atoms with E-state index in [4.69, 9.17) is 11.6 Å². The Hall–Kier alpha value is -3.32. The van der Waals surface area contributed by atoms with Gasteiger partial charge in [-0.1, -0.05) is 41.9 Å². The fourth-order valence-corrected chi connectivity index (χ4v) is 3.44. The summed E-state index contributed by atoms with van der Waals surface area (Å²) < 4.78 is 0. The first-order chi connectivity index (χ1) is 14.2. The molecule has 0 saturated carbocycles. The molecule has 2 aromatic carbocycles. The number of nitrogens with one attached hydrogen (secondary N) is 2. The number of urea groups is 1. The third-order valence-corrected chi connectivity index (χ3v) is 5.07. The van der Waals surface area contributed by atoms with Gasteiger partial charge in [0.25, 0.3) is 0 Å². The number of amides is 2. The van der Waals surface area contributed by atoms with E-state index in [1.54, 1.807) is 30.3 Å². The van der Waals surface area contributed by atoms with Crippen molar-refractivity contribution in [3.05, 3.63) is 72.0 Å². The maximum absolute atomic E-state index is 12.3. The normalized spacial score (nSPS) is 13.8. The van der Waals surface area contributed by atoms with Gasteiger partial charge in [0.1, 0.15) is 18.0 Å². The molecule has 4 rings (SSSR count). The van der Waals surface area contributed by atoms with E-state index in [0.29, 0.717) is 16.5 Å². The molecule has 1 aromatic heterocycles. The minimum atomic E-state index is -0.406. The van der Waals surface area contributed by atoms with Crippen molar-refractivity contribution in [1.29, 1.82) is 0 Å². The van der Waals surface area contributed by atoms with E-state index in [1.807, 2.05) is 6.07 Å². The predicted octanol–water partition coefficient (Wildman–Crippen LogP) is 4.10.